The molecule has 4 nitrogen and oxygen atoms in total. The van der Waals surface area contributed by atoms with Crippen LogP contribution >= 0.6 is 11.8 Å². The molecule has 1 amide bonds. The second-order valence-electron chi connectivity index (χ2n) is 4.48. The van der Waals surface area contributed by atoms with E-state index in [1.165, 1.54) is 24.3 Å². The zero-order valence-electron chi connectivity index (χ0n) is 11.2. The van der Waals surface area contributed by atoms with Gasteiger partial charge in [-0.05, 0) is 17.7 Å². The van der Waals surface area contributed by atoms with Crippen molar-refractivity contribution < 1.29 is 22.7 Å². The van der Waals surface area contributed by atoms with Gasteiger partial charge in [0.15, 0.2) is 0 Å². The molecule has 1 saturated heterocycles. The smallest absolute Gasteiger partial charge is 0.406 e. The van der Waals surface area contributed by atoms with Crippen molar-refractivity contribution in [2.75, 3.05) is 26.2 Å². The predicted octanol–water partition coefficient (Wildman–Crippen LogP) is 2.84. The highest BCUT2D eigenvalue weighted by atomic mass is 32.2. The molecule has 8 heteroatoms. The van der Waals surface area contributed by atoms with E-state index in [1.54, 1.807) is 4.90 Å². The summed E-state index contributed by atoms with van der Waals surface area (Å²) in [5, 5.41) is 3.15. The SMILES string of the molecule is O=C(SCc1ccc(OC(F)(F)F)cc1)N1CCNCC1. The number of piperazine rings is 1. The van der Waals surface area contributed by atoms with Gasteiger partial charge in [-0.3, -0.25) is 4.79 Å². The van der Waals surface area contributed by atoms with Crippen LogP contribution in [0.15, 0.2) is 24.3 Å². The molecule has 1 heterocycles. The van der Waals surface area contributed by atoms with Gasteiger partial charge < -0.3 is 15.0 Å². The Morgan fingerprint density at radius 1 is 1.24 bits per heavy atom. The number of nitrogens with zero attached hydrogens (tertiary/aromatic N) is 1. The fraction of sp³-hybridized carbons (Fsp3) is 0.462. The first-order chi connectivity index (χ1) is 9.94. The summed E-state index contributed by atoms with van der Waals surface area (Å²) in [5.74, 6) is 0.166. The van der Waals surface area contributed by atoms with E-state index in [0.29, 0.717) is 18.8 Å². The standard InChI is InChI=1S/C13H15F3N2O2S/c14-13(15,16)20-11-3-1-10(2-4-11)9-21-12(19)18-7-5-17-6-8-18/h1-4,17H,5-9H2. The van der Waals surface area contributed by atoms with Gasteiger partial charge in [-0.2, -0.15) is 0 Å². The molecule has 0 aliphatic carbocycles. The number of nitrogens with one attached hydrogen (secondary N) is 1. The maximum atomic E-state index is 12.0. The number of ether oxygens (including phenoxy) is 1. The molecule has 0 saturated carbocycles. The molecule has 0 bridgehead atoms. The van der Waals surface area contributed by atoms with Gasteiger partial charge in [-0.25, -0.2) is 0 Å². The zero-order valence-corrected chi connectivity index (χ0v) is 12.0. The van der Waals surface area contributed by atoms with Gasteiger partial charge in [0, 0.05) is 31.9 Å². The Kier molecular flexibility index (Phi) is 5.35. The van der Waals surface area contributed by atoms with Gasteiger partial charge in [0.2, 0.25) is 0 Å². The van der Waals surface area contributed by atoms with Crippen molar-refractivity contribution in [3.8, 4) is 5.75 Å². The lowest BCUT2D eigenvalue weighted by atomic mass is 10.2. The number of hydrogen-bond donors (Lipinski definition) is 1. The first-order valence-corrected chi connectivity index (χ1v) is 7.40. The summed E-state index contributed by atoms with van der Waals surface area (Å²) in [4.78, 5) is 13.7. The van der Waals surface area contributed by atoms with Crippen molar-refractivity contribution in [2.24, 2.45) is 0 Å². The summed E-state index contributed by atoms with van der Waals surface area (Å²) >= 11 is 1.15. The van der Waals surface area contributed by atoms with E-state index in [9.17, 15) is 18.0 Å². The quantitative estimate of drug-likeness (QED) is 0.930. The number of thioether (sulfide) groups is 1. The molecular weight excluding hydrogens is 305 g/mol. The van der Waals surface area contributed by atoms with Crippen molar-refractivity contribution in [2.45, 2.75) is 12.1 Å². The molecule has 1 aliphatic heterocycles. The van der Waals surface area contributed by atoms with Crippen LogP contribution in [0.3, 0.4) is 0 Å². The van der Waals surface area contributed by atoms with E-state index in [4.69, 9.17) is 0 Å². The molecule has 0 atom stereocenters. The third-order valence-corrected chi connectivity index (χ3v) is 3.88. The Morgan fingerprint density at radius 2 is 1.86 bits per heavy atom. The van der Waals surface area contributed by atoms with Crippen LogP contribution in [0.1, 0.15) is 5.56 Å². The van der Waals surface area contributed by atoms with Crippen LogP contribution in [0.2, 0.25) is 0 Å². The average molecular weight is 320 g/mol. The van der Waals surface area contributed by atoms with Gasteiger partial charge >= 0.3 is 6.36 Å². The average Bonchev–Trinajstić information content (AvgIpc) is 2.45. The normalized spacial score (nSPS) is 15.9. The number of rotatable bonds is 3. The summed E-state index contributed by atoms with van der Waals surface area (Å²) in [5.41, 5.74) is 0.776. The second kappa shape index (κ2) is 7.04. The molecule has 2 rings (SSSR count). The van der Waals surface area contributed by atoms with Crippen LogP contribution < -0.4 is 10.1 Å². The summed E-state index contributed by atoms with van der Waals surface area (Å²) in [7, 11) is 0. The van der Waals surface area contributed by atoms with Crippen molar-refractivity contribution in [1.82, 2.24) is 10.2 Å². The topological polar surface area (TPSA) is 41.6 Å². The van der Waals surface area contributed by atoms with Crippen molar-refractivity contribution in [3.63, 3.8) is 0 Å². The largest absolute Gasteiger partial charge is 0.573 e. The minimum atomic E-state index is -4.69. The number of carbonyl (C=O) groups is 1. The highest BCUT2D eigenvalue weighted by molar-refractivity contribution is 8.12. The van der Waals surface area contributed by atoms with Crippen LogP contribution in [0.5, 0.6) is 5.75 Å². The Labute approximate surface area is 124 Å². The van der Waals surface area contributed by atoms with E-state index in [-0.39, 0.29) is 11.0 Å². The molecule has 1 aromatic rings. The molecule has 1 aliphatic rings. The van der Waals surface area contributed by atoms with Crippen molar-refractivity contribution >= 4 is 17.0 Å². The van der Waals surface area contributed by atoms with E-state index in [1.807, 2.05) is 0 Å². The third kappa shape index (κ3) is 5.47. The molecule has 0 spiro atoms. The van der Waals surface area contributed by atoms with E-state index in [2.05, 4.69) is 10.1 Å². The van der Waals surface area contributed by atoms with Crippen LogP contribution in [0.25, 0.3) is 0 Å². The van der Waals surface area contributed by atoms with Gasteiger partial charge in [0.25, 0.3) is 5.24 Å². The van der Waals surface area contributed by atoms with Crippen LogP contribution in [0, 0.1) is 0 Å². The maximum Gasteiger partial charge on any atom is 0.573 e. The number of benzene rings is 1. The molecular formula is C13H15F3N2O2S. The Bertz CT molecular complexity index is 473. The van der Waals surface area contributed by atoms with Gasteiger partial charge in [-0.15, -0.1) is 13.2 Å². The molecule has 116 valence electrons. The molecule has 1 fully saturated rings. The minimum absolute atomic E-state index is 0.00730. The fourth-order valence-electron chi connectivity index (χ4n) is 1.87. The Morgan fingerprint density at radius 3 is 2.43 bits per heavy atom. The fourth-order valence-corrected chi connectivity index (χ4v) is 2.72. The molecule has 21 heavy (non-hydrogen) atoms. The molecule has 1 aromatic carbocycles. The second-order valence-corrected chi connectivity index (χ2v) is 5.41. The van der Waals surface area contributed by atoms with E-state index >= 15 is 0 Å². The Hall–Kier alpha value is -1.41. The van der Waals surface area contributed by atoms with Gasteiger partial charge in [0.1, 0.15) is 5.75 Å². The molecule has 1 N–H and O–H groups in total. The highest BCUT2D eigenvalue weighted by Crippen LogP contribution is 2.24. The number of halogens is 3. The van der Waals surface area contributed by atoms with Crippen LogP contribution in [-0.4, -0.2) is 42.7 Å². The zero-order chi connectivity index (χ0) is 15.3. The first kappa shape index (κ1) is 16.0. The van der Waals surface area contributed by atoms with Crippen LogP contribution in [-0.2, 0) is 5.75 Å². The minimum Gasteiger partial charge on any atom is -0.406 e. The summed E-state index contributed by atoms with van der Waals surface area (Å²) in [6.07, 6.45) is -4.69. The molecule has 0 aromatic heterocycles. The maximum absolute atomic E-state index is 12.0. The molecule has 0 unspecified atom stereocenters. The predicted molar refractivity (Wildman–Crippen MR) is 74.3 cm³/mol. The lowest BCUT2D eigenvalue weighted by Crippen LogP contribution is -2.45. The lowest BCUT2D eigenvalue weighted by molar-refractivity contribution is -0.274. The summed E-state index contributed by atoms with van der Waals surface area (Å²) < 4.78 is 39.8. The van der Waals surface area contributed by atoms with Gasteiger partial charge in [0.05, 0.1) is 0 Å². The number of amides is 1. The Balaban J connectivity index is 1.81. The van der Waals surface area contributed by atoms with Crippen molar-refractivity contribution in [3.05, 3.63) is 29.8 Å². The number of alkyl halides is 3. The lowest BCUT2D eigenvalue weighted by Gasteiger charge is -2.26. The number of hydrogen-bond acceptors (Lipinski definition) is 4. The van der Waals surface area contributed by atoms with Crippen molar-refractivity contribution in [1.29, 1.82) is 0 Å². The number of carbonyl (C=O) groups excluding carboxylic acids is 1. The van der Waals surface area contributed by atoms with Gasteiger partial charge in [-0.1, -0.05) is 23.9 Å². The summed E-state index contributed by atoms with van der Waals surface area (Å²) in [6.45, 7) is 2.94. The molecule has 0 radical (unpaired) electrons. The third-order valence-electron chi connectivity index (χ3n) is 2.89. The summed E-state index contributed by atoms with van der Waals surface area (Å²) in [6, 6.07) is 5.55. The van der Waals surface area contributed by atoms with E-state index < -0.39 is 6.36 Å². The first-order valence-electron chi connectivity index (χ1n) is 6.41. The monoisotopic (exact) mass is 320 g/mol. The van der Waals surface area contributed by atoms with Crippen LogP contribution in [0.4, 0.5) is 18.0 Å². The van der Waals surface area contributed by atoms with E-state index in [0.717, 1.165) is 30.4 Å². The highest BCUT2D eigenvalue weighted by Gasteiger charge is 2.30.